The minimum atomic E-state index is -0.161. The van der Waals surface area contributed by atoms with Crippen molar-refractivity contribution in [2.45, 2.75) is 6.54 Å². The Hall–Kier alpha value is -2.41. The number of nitrogen functional groups attached to an aromatic ring is 1. The molecular weight excluding hydrogens is 274 g/mol. The number of pyridine rings is 1. The molecule has 0 aliphatic rings. The molecule has 3 heterocycles. The Bertz CT molecular complexity index is 734. The minimum Gasteiger partial charge on any atom is -0.397 e. The third kappa shape index (κ3) is 2.35. The van der Waals surface area contributed by atoms with Crippen LogP contribution in [0.15, 0.2) is 37.1 Å². The summed E-state index contributed by atoms with van der Waals surface area (Å²) in [5.74, 6) is -0.161. The standard InChI is InChI=1S/C13H13N5OS/c14-10-9-2-1-3-17-13(9)20-11(10)12(19)16-5-7-18-6-4-15-8-18/h1-4,6,8H,5,7,14H2,(H,16,19). The van der Waals surface area contributed by atoms with Crippen LogP contribution in [0.3, 0.4) is 0 Å². The third-order valence-corrected chi connectivity index (χ3v) is 4.05. The first-order valence-electron chi connectivity index (χ1n) is 6.12. The van der Waals surface area contributed by atoms with Crippen molar-refractivity contribution in [3.05, 3.63) is 41.9 Å². The second-order valence-electron chi connectivity index (χ2n) is 4.26. The largest absolute Gasteiger partial charge is 0.397 e. The smallest absolute Gasteiger partial charge is 0.263 e. The maximum Gasteiger partial charge on any atom is 0.263 e. The number of anilines is 1. The Kier molecular flexibility index (Phi) is 3.34. The summed E-state index contributed by atoms with van der Waals surface area (Å²) in [7, 11) is 0. The number of rotatable bonds is 4. The van der Waals surface area contributed by atoms with Gasteiger partial charge in [-0.05, 0) is 12.1 Å². The van der Waals surface area contributed by atoms with E-state index in [-0.39, 0.29) is 5.91 Å². The van der Waals surface area contributed by atoms with Gasteiger partial charge in [0, 0.05) is 37.1 Å². The first-order valence-corrected chi connectivity index (χ1v) is 6.94. The van der Waals surface area contributed by atoms with Crippen molar-refractivity contribution in [3.63, 3.8) is 0 Å². The number of hydrogen-bond acceptors (Lipinski definition) is 5. The summed E-state index contributed by atoms with van der Waals surface area (Å²) < 4.78 is 1.90. The van der Waals surface area contributed by atoms with E-state index >= 15 is 0 Å². The topological polar surface area (TPSA) is 85.8 Å². The predicted molar refractivity (Wildman–Crippen MR) is 78.6 cm³/mol. The van der Waals surface area contributed by atoms with E-state index in [1.165, 1.54) is 11.3 Å². The van der Waals surface area contributed by atoms with Gasteiger partial charge in [0.15, 0.2) is 0 Å². The Morgan fingerprint density at radius 2 is 2.35 bits per heavy atom. The summed E-state index contributed by atoms with van der Waals surface area (Å²) in [6.45, 7) is 1.20. The average Bonchev–Trinajstić information content (AvgIpc) is 3.08. The molecule has 1 amide bonds. The summed E-state index contributed by atoms with van der Waals surface area (Å²) >= 11 is 1.31. The molecule has 0 bridgehead atoms. The molecule has 0 spiro atoms. The number of fused-ring (bicyclic) bond motifs is 1. The average molecular weight is 287 g/mol. The van der Waals surface area contributed by atoms with Gasteiger partial charge >= 0.3 is 0 Å². The molecule has 0 aliphatic carbocycles. The normalized spacial score (nSPS) is 10.8. The van der Waals surface area contributed by atoms with Crippen LogP contribution >= 0.6 is 11.3 Å². The zero-order valence-electron chi connectivity index (χ0n) is 10.6. The SMILES string of the molecule is Nc1c(C(=O)NCCn2ccnc2)sc2ncccc12. The van der Waals surface area contributed by atoms with Crippen molar-refractivity contribution in [2.75, 3.05) is 12.3 Å². The van der Waals surface area contributed by atoms with Gasteiger partial charge in [-0.1, -0.05) is 0 Å². The summed E-state index contributed by atoms with van der Waals surface area (Å²) in [5, 5.41) is 3.68. The molecule has 0 fully saturated rings. The molecule has 0 aliphatic heterocycles. The quantitative estimate of drug-likeness (QED) is 0.761. The maximum atomic E-state index is 12.1. The molecule has 0 aromatic carbocycles. The number of aromatic nitrogens is 3. The fraction of sp³-hybridized carbons (Fsp3) is 0.154. The van der Waals surface area contributed by atoms with Crippen molar-refractivity contribution in [1.82, 2.24) is 19.9 Å². The van der Waals surface area contributed by atoms with Crippen molar-refractivity contribution in [3.8, 4) is 0 Å². The van der Waals surface area contributed by atoms with Gasteiger partial charge in [0.1, 0.15) is 9.71 Å². The van der Waals surface area contributed by atoms with E-state index in [9.17, 15) is 4.79 Å². The first-order chi connectivity index (χ1) is 9.75. The lowest BCUT2D eigenvalue weighted by molar-refractivity contribution is 0.0957. The summed E-state index contributed by atoms with van der Waals surface area (Å²) in [6, 6.07) is 3.68. The number of thiophene rings is 1. The van der Waals surface area contributed by atoms with Crippen LogP contribution in [0.1, 0.15) is 9.67 Å². The molecular formula is C13H13N5OS. The highest BCUT2D eigenvalue weighted by atomic mass is 32.1. The Morgan fingerprint density at radius 3 is 3.10 bits per heavy atom. The van der Waals surface area contributed by atoms with Crippen LogP contribution < -0.4 is 11.1 Å². The Morgan fingerprint density at radius 1 is 1.45 bits per heavy atom. The molecule has 0 saturated heterocycles. The first kappa shape index (κ1) is 12.6. The predicted octanol–water partition coefficient (Wildman–Crippen LogP) is 1.50. The number of carbonyl (C=O) groups is 1. The zero-order valence-corrected chi connectivity index (χ0v) is 11.4. The molecule has 102 valence electrons. The highest BCUT2D eigenvalue weighted by Gasteiger charge is 2.16. The van der Waals surface area contributed by atoms with Gasteiger partial charge in [-0.15, -0.1) is 11.3 Å². The lowest BCUT2D eigenvalue weighted by atomic mass is 10.2. The number of imidazole rings is 1. The van der Waals surface area contributed by atoms with Crippen molar-refractivity contribution >= 4 is 33.1 Å². The fourth-order valence-corrected chi connectivity index (χ4v) is 2.90. The van der Waals surface area contributed by atoms with Gasteiger partial charge in [-0.3, -0.25) is 4.79 Å². The number of hydrogen-bond donors (Lipinski definition) is 2. The third-order valence-electron chi connectivity index (χ3n) is 2.93. The lowest BCUT2D eigenvalue weighted by Gasteiger charge is -2.04. The summed E-state index contributed by atoms with van der Waals surface area (Å²) in [6.07, 6.45) is 6.96. The molecule has 7 heteroatoms. The van der Waals surface area contributed by atoms with Crippen LogP contribution in [0.5, 0.6) is 0 Å². The van der Waals surface area contributed by atoms with E-state index < -0.39 is 0 Å². The Labute approximate surface area is 119 Å². The van der Waals surface area contributed by atoms with Crippen molar-refractivity contribution in [2.24, 2.45) is 0 Å². The molecule has 20 heavy (non-hydrogen) atoms. The number of carbonyl (C=O) groups excluding carboxylic acids is 1. The maximum absolute atomic E-state index is 12.1. The molecule has 3 rings (SSSR count). The van der Waals surface area contributed by atoms with Gasteiger partial charge in [0.25, 0.3) is 5.91 Å². The monoisotopic (exact) mass is 287 g/mol. The number of nitrogens with two attached hydrogens (primary N) is 1. The molecule has 0 saturated carbocycles. The van der Waals surface area contributed by atoms with Gasteiger partial charge in [-0.2, -0.15) is 0 Å². The molecule has 3 N–H and O–H groups in total. The molecule has 0 radical (unpaired) electrons. The number of nitrogens with zero attached hydrogens (tertiary/aromatic N) is 3. The molecule has 0 atom stereocenters. The molecule has 3 aromatic rings. The van der Waals surface area contributed by atoms with E-state index in [0.717, 1.165) is 10.2 Å². The van der Waals surface area contributed by atoms with E-state index in [2.05, 4.69) is 15.3 Å². The van der Waals surface area contributed by atoms with E-state index in [1.54, 1.807) is 18.7 Å². The second kappa shape index (κ2) is 5.30. The summed E-state index contributed by atoms with van der Waals surface area (Å²) in [5.41, 5.74) is 6.50. The summed E-state index contributed by atoms with van der Waals surface area (Å²) in [4.78, 5) is 21.6. The van der Waals surface area contributed by atoms with Crippen LogP contribution in [-0.4, -0.2) is 27.0 Å². The number of nitrogens with one attached hydrogen (secondary N) is 1. The van der Waals surface area contributed by atoms with E-state index in [1.807, 2.05) is 22.9 Å². The van der Waals surface area contributed by atoms with Gasteiger partial charge in [0.2, 0.25) is 0 Å². The van der Waals surface area contributed by atoms with E-state index in [0.29, 0.717) is 23.7 Å². The van der Waals surface area contributed by atoms with Crippen molar-refractivity contribution in [1.29, 1.82) is 0 Å². The fourth-order valence-electron chi connectivity index (χ4n) is 1.92. The highest BCUT2D eigenvalue weighted by Crippen LogP contribution is 2.31. The van der Waals surface area contributed by atoms with Crippen LogP contribution in [0.25, 0.3) is 10.2 Å². The van der Waals surface area contributed by atoms with Crippen LogP contribution in [0.4, 0.5) is 5.69 Å². The van der Waals surface area contributed by atoms with E-state index in [4.69, 9.17) is 5.73 Å². The highest BCUT2D eigenvalue weighted by molar-refractivity contribution is 7.21. The molecule has 6 nitrogen and oxygen atoms in total. The Balaban J connectivity index is 1.71. The van der Waals surface area contributed by atoms with Crippen LogP contribution in [0, 0.1) is 0 Å². The molecule has 3 aromatic heterocycles. The molecule has 0 unspecified atom stereocenters. The lowest BCUT2D eigenvalue weighted by Crippen LogP contribution is -2.26. The van der Waals surface area contributed by atoms with Gasteiger partial charge in [-0.25, -0.2) is 9.97 Å². The van der Waals surface area contributed by atoms with Gasteiger partial charge in [0.05, 0.1) is 12.0 Å². The van der Waals surface area contributed by atoms with Crippen LogP contribution in [-0.2, 0) is 6.54 Å². The number of amides is 1. The van der Waals surface area contributed by atoms with Gasteiger partial charge < -0.3 is 15.6 Å². The zero-order chi connectivity index (χ0) is 13.9. The van der Waals surface area contributed by atoms with Crippen LogP contribution in [0.2, 0.25) is 0 Å². The van der Waals surface area contributed by atoms with Crippen molar-refractivity contribution < 1.29 is 4.79 Å². The minimum absolute atomic E-state index is 0.161. The second-order valence-corrected chi connectivity index (χ2v) is 5.26.